The van der Waals surface area contributed by atoms with Gasteiger partial charge in [0.2, 0.25) is 5.91 Å². The molecule has 0 aliphatic heterocycles. The van der Waals surface area contributed by atoms with Gasteiger partial charge in [-0.3, -0.25) is 4.79 Å². The van der Waals surface area contributed by atoms with Gasteiger partial charge in [-0.25, -0.2) is 0 Å². The predicted molar refractivity (Wildman–Crippen MR) is 107 cm³/mol. The van der Waals surface area contributed by atoms with Crippen molar-refractivity contribution < 1.29 is 4.79 Å². The van der Waals surface area contributed by atoms with Crippen molar-refractivity contribution in [3.63, 3.8) is 0 Å². The molecule has 0 aliphatic carbocycles. The topological polar surface area (TPSA) is 55.1 Å². The SMILES string of the molecule is CSCC[C@H](N)C(=O)NCc1ccc(-c2cccc(C)c2)cc1.Cl. The van der Waals surface area contributed by atoms with E-state index in [9.17, 15) is 4.79 Å². The van der Waals surface area contributed by atoms with Crippen molar-refractivity contribution >= 4 is 30.1 Å². The van der Waals surface area contributed by atoms with Crippen molar-refractivity contribution in [3.05, 3.63) is 59.7 Å². The van der Waals surface area contributed by atoms with Crippen LogP contribution in [0.2, 0.25) is 0 Å². The molecule has 0 heterocycles. The fraction of sp³-hybridized carbons (Fsp3) is 0.316. The summed E-state index contributed by atoms with van der Waals surface area (Å²) < 4.78 is 0. The molecule has 0 aliphatic rings. The number of hydrogen-bond donors (Lipinski definition) is 2. The fourth-order valence-electron chi connectivity index (χ4n) is 2.34. The Morgan fingerprint density at radius 1 is 1.17 bits per heavy atom. The maximum atomic E-state index is 11.9. The van der Waals surface area contributed by atoms with Gasteiger partial charge in [-0.15, -0.1) is 12.4 Å². The number of rotatable bonds is 7. The minimum atomic E-state index is -0.422. The van der Waals surface area contributed by atoms with E-state index in [1.165, 1.54) is 16.7 Å². The second-order valence-corrected chi connectivity index (χ2v) is 6.66. The van der Waals surface area contributed by atoms with Gasteiger partial charge in [0.05, 0.1) is 6.04 Å². The van der Waals surface area contributed by atoms with Gasteiger partial charge in [-0.05, 0) is 42.0 Å². The van der Waals surface area contributed by atoms with Crippen LogP contribution in [0.4, 0.5) is 0 Å². The smallest absolute Gasteiger partial charge is 0.237 e. The van der Waals surface area contributed by atoms with Gasteiger partial charge in [0.15, 0.2) is 0 Å². The molecule has 0 saturated carbocycles. The Kier molecular flexibility index (Phi) is 8.90. The first kappa shape index (κ1) is 20.6. The van der Waals surface area contributed by atoms with Crippen molar-refractivity contribution in [1.29, 1.82) is 0 Å². The summed E-state index contributed by atoms with van der Waals surface area (Å²) in [6, 6.07) is 16.3. The quantitative estimate of drug-likeness (QED) is 0.786. The minimum Gasteiger partial charge on any atom is -0.351 e. The molecule has 0 unspecified atom stereocenters. The summed E-state index contributed by atoms with van der Waals surface area (Å²) >= 11 is 1.70. The Hall–Kier alpha value is -1.49. The maximum Gasteiger partial charge on any atom is 0.237 e. The first-order chi connectivity index (χ1) is 11.1. The van der Waals surface area contributed by atoms with Crippen molar-refractivity contribution in [2.75, 3.05) is 12.0 Å². The number of benzene rings is 2. The summed E-state index contributed by atoms with van der Waals surface area (Å²) in [5, 5.41) is 2.90. The van der Waals surface area contributed by atoms with Crippen LogP contribution in [0.1, 0.15) is 17.5 Å². The lowest BCUT2D eigenvalue weighted by atomic mass is 10.0. The number of halogens is 1. The number of carbonyl (C=O) groups is 1. The molecule has 5 heteroatoms. The lowest BCUT2D eigenvalue weighted by Crippen LogP contribution is -2.40. The van der Waals surface area contributed by atoms with Crippen molar-refractivity contribution in [1.82, 2.24) is 5.32 Å². The van der Waals surface area contributed by atoms with Gasteiger partial charge in [-0.1, -0.05) is 54.1 Å². The normalized spacial score (nSPS) is 11.5. The molecule has 0 bridgehead atoms. The number of nitrogens with one attached hydrogen (secondary N) is 1. The average molecular weight is 365 g/mol. The zero-order chi connectivity index (χ0) is 16.7. The van der Waals surface area contributed by atoms with Crippen LogP contribution in [0.25, 0.3) is 11.1 Å². The Balaban J connectivity index is 0.00000288. The fourth-order valence-corrected chi connectivity index (χ4v) is 2.83. The van der Waals surface area contributed by atoms with E-state index >= 15 is 0 Å². The minimum absolute atomic E-state index is 0. The molecule has 24 heavy (non-hydrogen) atoms. The standard InChI is InChI=1S/C19H24N2OS.ClH/c1-14-4-3-5-17(12-14)16-8-6-15(7-9-16)13-21-19(22)18(20)10-11-23-2;/h3-9,12,18H,10-11,13,20H2,1-2H3,(H,21,22);1H/t18-;/m0./s1. The van der Waals surface area contributed by atoms with Crippen LogP contribution in [-0.4, -0.2) is 24.0 Å². The maximum absolute atomic E-state index is 11.9. The van der Waals surface area contributed by atoms with E-state index in [2.05, 4.69) is 48.6 Å². The molecule has 2 aromatic rings. The largest absolute Gasteiger partial charge is 0.351 e. The number of carbonyl (C=O) groups excluding carboxylic acids is 1. The van der Waals surface area contributed by atoms with Crippen LogP contribution in [0, 0.1) is 6.92 Å². The van der Waals surface area contributed by atoms with E-state index in [0.717, 1.165) is 11.3 Å². The van der Waals surface area contributed by atoms with E-state index < -0.39 is 6.04 Å². The first-order valence-corrected chi connectivity index (χ1v) is 9.17. The molecule has 0 fully saturated rings. The Morgan fingerprint density at radius 2 is 1.88 bits per heavy atom. The molecule has 0 radical (unpaired) electrons. The number of amides is 1. The highest BCUT2D eigenvalue weighted by atomic mass is 35.5. The Bertz CT molecular complexity index is 646. The monoisotopic (exact) mass is 364 g/mol. The Labute approximate surface area is 154 Å². The molecule has 2 aromatic carbocycles. The van der Waals surface area contributed by atoms with Gasteiger partial charge in [0.1, 0.15) is 0 Å². The summed E-state index contributed by atoms with van der Waals surface area (Å²) in [6.45, 7) is 2.60. The highest BCUT2D eigenvalue weighted by molar-refractivity contribution is 7.98. The van der Waals surface area contributed by atoms with Gasteiger partial charge in [-0.2, -0.15) is 11.8 Å². The highest BCUT2D eigenvalue weighted by Gasteiger charge is 2.12. The summed E-state index contributed by atoms with van der Waals surface area (Å²) in [7, 11) is 0. The van der Waals surface area contributed by atoms with Gasteiger partial charge in [0.25, 0.3) is 0 Å². The molecule has 1 amide bonds. The van der Waals surface area contributed by atoms with Crippen molar-refractivity contribution in [2.45, 2.75) is 25.9 Å². The lowest BCUT2D eigenvalue weighted by Gasteiger charge is -2.12. The highest BCUT2D eigenvalue weighted by Crippen LogP contribution is 2.20. The van der Waals surface area contributed by atoms with Crippen LogP contribution >= 0.6 is 24.2 Å². The average Bonchev–Trinajstić information content (AvgIpc) is 2.58. The van der Waals surface area contributed by atoms with Crippen LogP contribution in [0.5, 0.6) is 0 Å². The van der Waals surface area contributed by atoms with E-state index in [0.29, 0.717) is 13.0 Å². The molecule has 0 spiro atoms. The molecule has 1 atom stereocenters. The van der Waals surface area contributed by atoms with Gasteiger partial charge in [0, 0.05) is 6.54 Å². The number of hydrogen-bond acceptors (Lipinski definition) is 3. The molecule has 130 valence electrons. The molecule has 2 rings (SSSR count). The lowest BCUT2D eigenvalue weighted by molar-refractivity contribution is -0.122. The molecular formula is C19H25ClN2OS. The van der Waals surface area contributed by atoms with E-state index in [1.807, 2.05) is 18.4 Å². The summed E-state index contributed by atoms with van der Waals surface area (Å²) in [5.41, 5.74) is 10.6. The third-order valence-corrected chi connectivity index (χ3v) is 4.39. The first-order valence-electron chi connectivity index (χ1n) is 7.78. The molecule has 3 N–H and O–H groups in total. The van der Waals surface area contributed by atoms with Crippen molar-refractivity contribution in [3.8, 4) is 11.1 Å². The zero-order valence-corrected chi connectivity index (χ0v) is 15.8. The van der Waals surface area contributed by atoms with Crippen LogP contribution in [-0.2, 0) is 11.3 Å². The van der Waals surface area contributed by atoms with E-state index in [1.54, 1.807) is 11.8 Å². The summed E-state index contributed by atoms with van der Waals surface area (Å²) in [5.74, 6) is 0.821. The van der Waals surface area contributed by atoms with E-state index in [4.69, 9.17) is 5.73 Å². The number of nitrogens with two attached hydrogens (primary N) is 1. The predicted octanol–water partition coefficient (Wildman–Crippen LogP) is 3.78. The molecule has 0 aromatic heterocycles. The van der Waals surface area contributed by atoms with Crippen LogP contribution in [0.3, 0.4) is 0 Å². The second kappa shape index (κ2) is 10.4. The third kappa shape index (κ3) is 6.19. The van der Waals surface area contributed by atoms with Crippen LogP contribution < -0.4 is 11.1 Å². The number of thioether (sulfide) groups is 1. The summed E-state index contributed by atoms with van der Waals surface area (Å²) in [4.78, 5) is 11.9. The van der Waals surface area contributed by atoms with Gasteiger partial charge < -0.3 is 11.1 Å². The molecule has 3 nitrogen and oxygen atoms in total. The second-order valence-electron chi connectivity index (χ2n) is 5.67. The molecule has 0 saturated heterocycles. The molecular weight excluding hydrogens is 340 g/mol. The zero-order valence-electron chi connectivity index (χ0n) is 14.1. The van der Waals surface area contributed by atoms with Gasteiger partial charge >= 0.3 is 0 Å². The van der Waals surface area contributed by atoms with Crippen molar-refractivity contribution in [2.24, 2.45) is 5.73 Å². The Morgan fingerprint density at radius 3 is 2.50 bits per heavy atom. The number of aryl methyl sites for hydroxylation is 1. The third-order valence-electron chi connectivity index (χ3n) is 3.74. The summed E-state index contributed by atoms with van der Waals surface area (Å²) in [6.07, 6.45) is 2.72. The van der Waals surface area contributed by atoms with Crippen LogP contribution in [0.15, 0.2) is 48.5 Å². The van der Waals surface area contributed by atoms with E-state index in [-0.39, 0.29) is 18.3 Å².